The molecule has 2 saturated carbocycles. The van der Waals surface area contributed by atoms with Gasteiger partial charge in [-0.05, 0) is 36.0 Å². The standard InChI is InChI=1S/C14H23ClO/c1-13(2)11-6-7-14(13,3)12(10-11)16-9-5-4-8-15/h4-5,11-12H,6-10H2,1-3H3. The van der Waals surface area contributed by atoms with Crippen LogP contribution in [0.5, 0.6) is 0 Å². The highest BCUT2D eigenvalue weighted by Crippen LogP contribution is 2.66. The summed E-state index contributed by atoms with van der Waals surface area (Å²) in [5, 5.41) is 0. The topological polar surface area (TPSA) is 9.23 Å². The van der Waals surface area contributed by atoms with Gasteiger partial charge in [-0.15, -0.1) is 11.6 Å². The van der Waals surface area contributed by atoms with Crippen molar-refractivity contribution in [3.8, 4) is 0 Å². The summed E-state index contributed by atoms with van der Waals surface area (Å²) < 4.78 is 6.03. The first-order valence-electron chi connectivity index (χ1n) is 6.35. The second-order valence-corrected chi connectivity index (χ2v) is 6.37. The van der Waals surface area contributed by atoms with E-state index in [2.05, 4.69) is 20.8 Å². The van der Waals surface area contributed by atoms with E-state index in [9.17, 15) is 0 Å². The Morgan fingerprint density at radius 3 is 2.56 bits per heavy atom. The van der Waals surface area contributed by atoms with Gasteiger partial charge < -0.3 is 4.74 Å². The van der Waals surface area contributed by atoms with Crippen LogP contribution < -0.4 is 0 Å². The summed E-state index contributed by atoms with van der Waals surface area (Å²) in [4.78, 5) is 0. The average Bonchev–Trinajstić information content (AvgIpc) is 2.57. The first-order chi connectivity index (χ1) is 7.52. The molecule has 0 heterocycles. The van der Waals surface area contributed by atoms with E-state index >= 15 is 0 Å². The highest BCUT2D eigenvalue weighted by molar-refractivity contribution is 6.18. The lowest BCUT2D eigenvalue weighted by Gasteiger charge is -2.38. The van der Waals surface area contributed by atoms with Crippen LogP contribution in [0.3, 0.4) is 0 Å². The summed E-state index contributed by atoms with van der Waals surface area (Å²) in [6.07, 6.45) is 8.41. The lowest BCUT2D eigenvalue weighted by molar-refractivity contribution is -0.0352. The Morgan fingerprint density at radius 1 is 1.31 bits per heavy atom. The van der Waals surface area contributed by atoms with E-state index in [-0.39, 0.29) is 0 Å². The second kappa shape index (κ2) is 4.34. The maximum Gasteiger partial charge on any atom is 0.0651 e. The molecule has 92 valence electrons. The maximum atomic E-state index is 6.03. The molecule has 0 N–H and O–H groups in total. The van der Waals surface area contributed by atoms with E-state index in [0.717, 1.165) is 12.5 Å². The van der Waals surface area contributed by atoms with Crippen LogP contribution >= 0.6 is 11.6 Å². The molecular weight excluding hydrogens is 220 g/mol. The number of ether oxygens (including phenoxy) is 1. The highest BCUT2D eigenvalue weighted by atomic mass is 35.5. The minimum Gasteiger partial charge on any atom is -0.374 e. The molecule has 16 heavy (non-hydrogen) atoms. The van der Waals surface area contributed by atoms with Gasteiger partial charge in [0.2, 0.25) is 0 Å². The zero-order chi connectivity index (χ0) is 11.8. The van der Waals surface area contributed by atoms with E-state index in [1.807, 2.05) is 12.2 Å². The SMILES string of the molecule is CC1(C)C2CCC1(C)C(OCC=CCCl)C2. The van der Waals surface area contributed by atoms with Gasteiger partial charge in [-0.2, -0.15) is 0 Å². The molecule has 0 radical (unpaired) electrons. The molecule has 0 aromatic rings. The molecule has 0 aromatic carbocycles. The molecule has 2 heteroatoms. The van der Waals surface area contributed by atoms with E-state index < -0.39 is 0 Å². The molecule has 2 aliphatic carbocycles. The van der Waals surface area contributed by atoms with Crippen LogP contribution in [0.1, 0.15) is 40.0 Å². The molecule has 0 aromatic heterocycles. The summed E-state index contributed by atoms with van der Waals surface area (Å²) in [5.74, 6) is 1.44. The summed E-state index contributed by atoms with van der Waals surface area (Å²) in [6, 6.07) is 0. The number of hydrogen-bond acceptors (Lipinski definition) is 1. The Labute approximate surface area is 104 Å². The Morgan fingerprint density at radius 2 is 2.06 bits per heavy atom. The predicted molar refractivity (Wildman–Crippen MR) is 68.8 cm³/mol. The lowest BCUT2D eigenvalue weighted by Crippen LogP contribution is -2.37. The van der Waals surface area contributed by atoms with Crippen LogP contribution in [0.15, 0.2) is 12.2 Å². The molecule has 3 atom stereocenters. The summed E-state index contributed by atoms with van der Waals surface area (Å²) in [6.45, 7) is 7.97. The first-order valence-corrected chi connectivity index (χ1v) is 6.88. The van der Waals surface area contributed by atoms with E-state index in [4.69, 9.17) is 16.3 Å². The zero-order valence-electron chi connectivity index (χ0n) is 10.6. The van der Waals surface area contributed by atoms with Crippen molar-refractivity contribution in [3.05, 3.63) is 12.2 Å². The van der Waals surface area contributed by atoms with Gasteiger partial charge in [-0.1, -0.05) is 32.9 Å². The number of hydrogen-bond donors (Lipinski definition) is 0. The fourth-order valence-corrected chi connectivity index (χ4v) is 3.81. The minimum atomic E-state index is 0.381. The Kier molecular flexibility index (Phi) is 3.38. The van der Waals surface area contributed by atoms with Gasteiger partial charge in [-0.25, -0.2) is 0 Å². The van der Waals surface area contributed by atoms with Gasteiger partial charge in [0, 0.05) is 5.88 Å². The highest BCUT2D eigenvalue weighted by Gasteiger charge is 2.61. The van der Waals surface area contributed by atoms with E-state index in [0.29, 0.717) is 22.8 Å². The molecular formula is C14H23ClO. The molecule has 0 amide bonds. The second-order valence-electron chi connectivity index (χ2n) is 6.06. The summed E-state index contributed by atoms with van der Waals surface area (Å²) in [5.41, 5.74) is 0.834. The minimum absolute atomic E-state index is 0.381. The van der Waals surface area contributed by atoms with Gasteiger partial charge in [0.25, 0.3) is 0 Å². The van der Waals surface area contributed by atoms with Gasteiger partial charge >= 0.3 is 0 Å². The Balaban J connectivity index is 1.96. The normalized spacial score (nSPS) is 41.0. The molecule has 0 spiro atoms. The quantitative estimate of drug-likeness (QED) is 0.535. The van der Waals surface area contributed by atoms with E-state index in [1.165, 1.54) is 19.3 Å². The zero-order valence-corrected chi connectivity index (χ0v) is 11.4. The largest absolute Gasteiger partial charge is 0.374 e. The van der Waals surface area contributed by atoms with Gasteiger partial charge in [-0.3, -0.25) is 0 Å². The summed E-state index contributed by atoms with van der Waals surface area (Å²) in [7, 11) is 0. The number of fused-ring (bicyclic) bond motifs is 2. The van der Waals surface area contributed by atoms with Crippen LogP contribution in [0, 0.1) is 16.7 Å². The van der Waals surface area contributed by atoms with Crippen LogP contribution in [0.2, 0.25) is 0 Å². The molecule has 2 bridgehead atoms. The smallest absolute Gasteiger partial charge is 0.0651 e. The number of halogens is 1. The van der Waals surface area contributed by atoms with Crippen molar-refractivity contribution in [2.75, 3.05) is 12.5 Å². The van der Waals surface area contributed by atoms with Crippen molar-refractivity contribution < 1.29 is 4.74 Å². The summed E-state index contributed by atoms with van der Waals surface area (Å²) >= 11 is 5.59. The Hall–Kier alpha value is -0.0100. The van der Waals surface area contributed by atoms with Crippen LogP contribution in [-0.4, -0.2) is 18.6 Å². The van der Waals surface area contributed by atoms with Crippen molar-refractivity contribution in [1.82, 2.24) is 0 Å². The lowest BCUT2D eigenvalue weighted by atomic mass is 9.70. The molecule has 2 aliphatic rings. The number of alkyl halides is 1. The van der Waals surface area contributed by atoms with Crippen molar-refractivity contribution in [2.24, 2.45) is 16.7 Å². The van der Waals surface area contributed by atoms with Gasteiger partial charge in [0.1, 0.15) is 0 Å². The molecule has 0 saturated heterocycles. The molecule has 3 unspecified atom stereocenters. The third-order valence-corrected chi connectivity index (χ3v) is 5.54. The molecule has 1 nitrogen and oxygen atoms in total. The number of rotatable bonds is 4. The van der Waals surface area contributed by atoms with Crippen LogP contribution in [0.25, 0.3) is 0 Å². The van der Waals surface area contributed by atoms with Gasteiger partial charge in [0.15, 0.2) is 0 Å². The predicted octanol–water partition coefficient (Wildman–Crippen LogP) is 4.01. The third-order valence-electron chi connectivity index (χ3n) is 5.36. The van der Waals surface area contributed by atoms with Crippen molar-refractivity contribution in [1.29, 1.82) is 0 Å². The molecule has 2 fully saturated rings. The average molecular weight is 243 g/mol. The maximum absolute atomic E-state index is 6.03. The van der Waals surface area contributed by atoms with Crippen molar-refractivity contribution >= 4 is 11.6 Å². The van der Waals surface area contributed by atoms with E-state index in [1.54, 1.807) is 0 Å². The fourth-order valence-electron chi connectivity index (χ4n) is 3.69. The molecule has 2 rings (SSSR count). The first kappa shape index (κ1) is 12.4. The van der Waals surface area contributed by atoms with Crippen LogP contribution in [-0.2, 0) is 4.74 Å². The third kappa shape index (κ3) is 1.73. The van der Waals surface area contributed by atoms with Crippen molar-refractivity contribution in [3.63, 3.8) is 0 Å². The fraction of sp³-hybridized carbons (Fsp3) is 0.857. The molecule has 0 aliphatic heterocycles. The number of allylic oxidation sites excluding steroid dienone is 1. The Bertz CT molecular complexity index is 284. The monoisotopic (exact) mass is 242 g/mol. The van der Waals surface area contributed by atoms with Crippen LogP contribution in [0.4, 0.5) is 0 Å². The van der Waals surface area contributed by atoms with Gasteiger partial charge in [0.05, 0.1) is 12.7 Å². The van der Waals surface area contributed by atoms with Crippen molar-refractivity contribution in [2.45, 2.75) is 46.1 Å².